The Morgan fingerprint density at radius 2 is 2.17 bits per heavy atom. The fraction of sp³-hybridized carbons (Fsp3) is 0.250. The molecular weight excluding hydrogens is 239 g/mol. The molecule has 1 rings (SSSR count). The van der Waals surface area contributed by atoms with Crippen LogP contribution in [0.25, 0.3) is 0 Å². The van der Waals surface area contributed by atoms with E-state index in [1.54, 1.807) is 13.8 Å². The van der Waals surface area contributed by atoms with Crippen LogP contribution in [0.15, 0.2) is 18.2 Å². The van der Waals surface area contributed by atoms with Gasteiger partial charge in [-0.05, 0) is 26.0 Å². The highest BCUT2D eigenvalue weighted by Gasteiger charge is 2.21. The van der Waals surface area contributed by atoms with Crippen molar-refractivity contribution in [2.75, 3.05) is 0 Å². The number of nitrogens with one attached hydrogen (secondary N) is 1. The molecule has 0 saturated carbocycles. The minimum absolute atomic E-state index is 0.0265. The maximum Gasteiger partial charge on any atom is 0.304 e. The zero-order chi connectivity index (χ0) is 13.9. The fourth-order valence-corrected chi connectivity index (χ4v) is 1.19. The highest BCUT2D eigenvalue weighted by atomic mass is 19.1. The third-order valence-electron chi connectivity index (χ3n) is 2.19. The van der Waals surface area contributed by atoms with E-state index in [2.05, 4.69) is 11.2 Å². The van der Waals surface area contributed by atoms with Crippen LogP contribution in [0, 0.1) is 28.3 Å². The lowest BCUT2D eigenvalue weighted by Crippen LogP contribution is -2.42. The van der Waals surface area contributed by atoms with Crippen LogP contribution in [0.2, 0.25) is 0 Å². The van der Waals surface area contributed by atoms with Gasteiger partial charge in [-0.25, -0.2) is 0 Å². The summed E-state index contributed by atoms with van der Waals surface area (Å²) in [5.74, 6) is 0.698. The lowest BCUT2D eigenvalue weighted by molar-refractivity contribution is -0.387. The van der Waals surface area contributed by atoms with Crippen LogP contribution < -0.4 is 5.32 Å². The Kier molecular flexibility index (Phi) is 3.67. The smallest absolute Gasteiger partial charge is 0.304 e. The number of carbonyl (C=O) groups is 1. The predicted molar refractivity (Wildman–Crippen MR) is 63.4 cm³/mol. The first-order valence-corrected chi connectivity index (χ1v) is 5.01. The maximum atomic E-state index is 13.3. The molecule has 0 spiro atoms. The number of terminal acetylenes is 1. The Bertz CT molecular complexity index is 547. The van der Waals surface area contributed by atoms with Crippen molar-refractivity contribution in [1.82, 2.24) is 5.32 Å². The van der Waals surface area contributed by atoms with E-state index in [0.717, 1.165) is 12.1 Å². The molecule has 1 aromatic carbocycles. The van der Waals surface area contributed by atoms with E-state index in [-0.39, 0.29) is 5.56 Å². The lowest BCUT2D eigenvalue weighted by atomic mass is 10.1. The quantitative estimate of drug-likeness (QED) is 0.505. The monoisotopic (exact) mass is 250 g/mol. The average molecular weight is 250 g/mol. The fourth-order valence-electron chi connectivity index (χ4n) is 1.19. The standard InChI is InChI=1S/C12H11FN2O3/c1-4-12(2,3)14-11(16)8-5-6-10(15(17)18)9(13)7-8/h1,5-7H,2-3H3,(H,14,16). The number of amides is 1. The summed E-state index contributed by atoms with van der Waals surface area (Å²) in [6.07, 6.45) is 5.20. The molecular formula is C12H11FN2O3. The van der Waals surface area contributed by atoms with Crippen LogP contribution in [0.4, 0.5) is 10.1 Å². The number of halogens is 1. The Balaban J connectivity index is 3.00. The van der Waals surface area contributed by atoms with Crippen molar-refractivity contribution in [2.24, 2.45) is 0 Å². The van der Waals surface area contributed by atoms with Crippen molar-refractivity contribution in [3.8, 4) is 12.3 Å². The highest BCUT2D eigenvalue weighted by molar-refractivity contribution is 5.95. The first-order chi connectivity index (χ1) is 8.26. The zero-order valence-electron chi connectivity index (χ0n) is 9.86. The van der Waals surface area contributed by atoms with E-state index in [1.165, 1.54) is 6.07 Å². The Morgan fingerprint density at radius 1 is 1.56 bits per heavy atom. The van der Waals surface area contributed by atoms with Crippen molar-refractivity contribution in [1.29, 1.82) is 0 Å². The average Bonchev–Trinajstić information content (AvgIpc) is 2.27. The molecule has 0 aromatic heterocycles. The van der Waals surface area contributed by atoms with E-state index in [4.69, 9.17) is 6.42 Å². The third kappa shape index (κ3) is 3.04. The summed E-state index contributed by atoms with van der Waals surface area (Å²) in [5, 5.41) is 12.9. The Hall–Kier alpha value is -2.42. The van der Waals surface area contributed by atoms with Crippen LogP contribution in [-0.4, -0.2) is 16.4 Å². The largest absolute Gasteiger partial charge is 0.336 e. The van der Waals surface area contributed by atoms with Crippen molar-refractivity contribution in [2.45, 2.75) is 19.4 Å². The van der Waals surface area contributed by atoms with Crippen LogP contribution in [0.1, 0.15) is 24.2 Å². The van der Waals surface area contributed by atoms with Gasteiger partial charge >= 0.3 is 5.69 Å². The van der Waals surface area contributed by atoms with Gasteiger partial charge < -0.3 is 5.32 Å². The van der Waals surface area contributed by atoms with Crippen molar-refractivity contribution in [3.05, 3.63) is 39.7 Å². The first-order valence-electron chi connectivity index (χ1n) is 5.01. The van der Waals surface area contributed by atoms with Crippen molar-refractivity contribution < 1.29 is 14.1 Å². The number of nitro groups is 1. The second-order valence-corrected chi connectivity index (χ2v) is 4.15. The second-order valence-electron chi connectivity index (χ2n) is 4.15. The molecule has 0 heterocycles. The van der Waals surface area contributed by atoms with Crippen molar-refractivity contribution >= 4 is 11.6 Å². The summed E-state index contributed by atoms with van der Waals surface area (Å²) in [7, 11) is 0. The molecule has 0 aliphatic heterocycles. The minimum atomic E-state index is -1.06. The summed E-state index contributed by atoms with van der Waals surface area (Å²) in [5.41, 5.74) is -1.58. The predicted octanol–water partition coefficient (Wildman–Crippen LogP) is 1.88. The molecule has 0 aliphatic carbocycles. The van der Waals surface area contributed by atoms with Gasteiger partial charge in [-0.3, -0.25) is 14.9 Å². The summed E-state index contributed by atoms with van der Waals surface area (Å²) >= 11 is 0. The van der Waals surface area contributed by atoms with Gasteiger partial charge in [0.1, 0.15) is 0 Å². The number of benzene rings is 1. The van der Waals surface area contributed by atoms with Gasteiger partial charge in [0.05, 0.1) is 10.5 Å². The van der Waals surface area contributed by atoms with Gasteiger partial charge in [-0.2, -0.15) is 4.39 Å². The number of carbonyl (C=O) groups excluding carboxylic acids is 1. The van der Waals surface area contributed by atoms with Crippen LogP contribution >= 0.6 is 0 Å². The number of rotatable bonds is 3. The number of hydrogen-bond acceptors (Lipinski definition) is 3. The molecule has 94 valence electrons. The van der Waals surface area contributed by atoms with Gasteiger partial charge in [0.2, 0.25) is 5.82 Å². The van der Waals surface area contributed by atoms with Gasteiger partial charge in [-0.15, -0.1) is 6.42 Å². The molecule has 0 fully saturated rings. The summed E-state index contributed by atoms with van der Waals surface area (Å²) in [4.78, 5) is 21.3. The number of nitrogens with zero attached hydrogens (tertiary/aromatic N) is 1. The van der Waals surface area contributed by atoms with Gasteiger partial charge in [0.15, 0.2) is 0 Å². The summed E-state index contributed by atoms with van der Waals surface area (Å²) < 4.78 is 13.3. The van der Waals surface area contributed by atoms with E-state index < -0.39 is 27.9 Å². The Labute approximate surface area is 103 Å². The SMILES string of the molecule is C#CC(C)(C)NC(=O)c1ccc([N+](=O)[O-])c(F)c1. The molecule has 0 unspecified atom stereocenters. The Morgan fingerprint density at radius 3 is 2.61 bits per heavy atom. The minimum Gasteiger partial charge on any atom is -0.336 e. The van der Waals surface area contributed by atoms with Gasteiger partial charge in [0.25, 0.3) is 5.91 Å². The van der Waals surface area contributed by atoms with E-state index in [0.29, 0.717) is 0 Å². The van der Waals surface area contributed by atoms with Gasteiger partial charge in [0, 0.05) is 11.6 Å². The van der Waals surface area contributed by atoms with Gasteiger partial charge in [-0.1, -0.05) is 5.92 Å². The summed E-state index contributed by atoms with van der Waals surface area (Å²) in [6, 6.07) is 2.91. The molecule has 0 bridgehead atoms. The zero-order valence-corrected chi connectivity index (χ0v) is 9.86. The molecule has 1 amide bonds. The molecule has 5 nitrogen and oxygen atoms in total. The van der Waals surface area contributed by atoms with Crippen LogP contribution in [0.3, 0.4) is 0 Å². The van der Waals surface area contributed by atoms with Crippen molar-refractivity contribution in [3.63, 3.8) is 0 Å². The molecule has 1 aromatic rings. The lowest BCUT2D eigenvalue weighted by Gasteiger charge is -2.19. The maximum absolute atomic E-state index is 13.3. The second kappa shape index (κ2) is 4.84. The molecule has 0 radical (unpaired) electrons. The molecule has 0 atom stereocenters. The molecule has 1 N–H and O–H groups in total. The first kappa shape index (κ1) is 13.6. The topological polar surface area (TPSA) is 72.2 Å². The normalized spacial score (nSPS) is 10.6. The summed E-state index contributed by atoms with van der Waals surface area (Å²) in [6.45, 7) is 3.21. The van der Waals surface area contributed by atoms with Crippen LogP contribution in [-0.2, 0) is 0 Å². The number of hydrogen-bond donors (Lipinski definition) is 1. The molecule has 6 heteroatoms. The third-order valence-corrected chi connectivity index (χ3v) is 2.19. The van der Waals surface area contributed by atoms with E-state index in [9.17, 15) is 19.3 Å². The van der Waals surface area contributed by atoms with E-state index >= 15 is 0 Å². The van der Waals surface area contributed by atoms with E-state index in [1.807, 2.05) is 0 Å². The number of nitro benzene ring substituents is 1. The molecule has 0 saturated heterocycles. The molecule has 18 heavy (non-hydrogen) atoms. The van der Waals surface area contributed by atoms with Crippen LogP contribution in [0.5, 0.6) is 0 Å². The highest BCUT2D eigenvalue weighted by Crippen LogP contribution is 2.18. The molecule has 0 aliphatic rings.